The van der Waals surface area contributed by atoms with E-state index in [-0.39, 0.29) is 6.04 Å². The van der Waals surface area contributed by atoms with Crippen molar-refractivity contribution in [3.05, 3.63) is 28.5 Å². The molecule has 1 N–H and O–H groups in total. The third-order valence-corrected chi connectivity index (χ3v) is 4.05. The Hall–Kier alpha value is -1.27. The molecule has 0 saturated carbocycles. The number of aromatic nitrogens is 4. The van der Waals surface area contributed by atoms with Crippen molar-refractivity contribution < 1.29 is 0 Å². The van der Waals surface area contributed by atoms with Crippen molar-refractivity contribution in [2.75, 3.05) is 6.54 Å². The molecular weight excluding hydrogens is 270 g/mol. The number of nitrogens with zero attached hydrogens (tertiary/aromatic N) is 4. The van der Waals surface area contributed by atoms with Gasteiger partial charge in [-0.2, -0.15) is 5.10 Å². The molecule has 1 unspecified atom stereocenters. The molecule has 0 aliphatic heterocycles. The van der Waals surface area contributed by atoms with E-state index in [1.807, 2.05) is 6.20 Å². The van der Waals surface area contributed by atoms with Crippen LogP contribution in [0.15, 0.2) is 12.3 Å². The van der Waals surface area contributed by atoms with E-state index >= 15 is 0 Å². The van der Waals surface area contributed by atoms with E-state index in [1.165, 1.54) is 22.1 Å². The Morgan fingerprint density at radius 2 is 2.15 bits per heavy atom. The van der Waals surface area contributed by atoms with Crippen LogP contribution in [0, 0.1) is 0 Å². The zero-order valence-electron chi connectivity index (χ0n) is 12.5. The minimum absolute atomic E-state index is 0.149. The van der Waals surface area contributed by atoms with Crippen molar-refractivity contribution in [1.82, 2.24) is 24.7 Å². The minimum Gasteiger partial charge on any atom is -0.304 e. The van der Waals surface area contributed by atoms with Gasteiger partial charge in [-0.25, -0.2) is 0 Å². The summed E-state index contributed by atoms with van der Waals surface area (Å²) in [6.07, 6.45) is 5.03. The monoisotopic (exact) mass is 293 g/mol. The molecule has 2 aromatic heterocycles. The average Bonchev–Trinajstić information content (AvgIpc) is 3.07. The molecule has 0 spiro atoms. The smallest absolute Gasteiger partial charge is 0.0877 e. The number of nitrogens with one attached hydrogen (secondary N) is 1. The van der Waals surface area contributed by atoms with Gasteiger partial charge in [0.2, 0.25) is 0 Å². The van der Waals surface area contributed by atoms with E-state index in [2.05, 4.69) is 51.5 Å². The SMILES string of the molecule is CCCc1nnsc1C(NCC)c1ccnn1CCC. The first-order valence-electron chi connectivity index (χ1n) is 7.37. The van der Waals surface area contributed by atoms with E-state index in [0.29, 0.717) is 0 Å². The minimum atomic E-state index is 0.149. The van der Waals surface area contributed by atoms with Gasteiger partial charge in [-0.15, -0.1) is 5.10 Å². The third kappa shape index (κ3) is 3.24. The molecule has 0 fully saturated rings. The third-order valence-electron chi connectivity index (χ3n) is 3.22. The van der Waals surface area contributed by atoms with Crippen LogP contribution < -0.4 is 5.32 Å². The summed E-state index contributed by atoms with van der Waals surface area (Å²) < 4.78 is 6.24. The fourth-order valence-corrected chi connectivity index (χ4v) is 3.15. The second kappa shape index (κ2) is 7.50. The van der Waals surface area contributed by atoms with Crippen LogP contribution in [0.25, 0.3) is 0 Å². The zero-order valence-corrected chi connectivity index (χ0v) is 13.3. The Balaban J connectivity index is 2.34. The van der Waals surface area contributed by atoms with E-state index < -0.39 is 0 Å². The van der Waals surface area contributed by atoms with Crippen molar-refractivity contribution in [1.29, 1.82) is 0 Å². The number of rotatable bonds is 8. The van der Waals surface area contributed by atoms with Crippen LogP contribution in [0.4, 0.5) is 0 Å². The summed E-state index contributed by atoms with van der Waals surface area (Å²) in [5, 5.41) is 12.3. The van der Waals surface area contributed by atoms with Crippen LogP contribution >= 0.6 is 11.5 Å². The van der Waals surface area contributed by atoms with Gasteiger partial charge in [-0.1, -0.05) is 31.7 Å². The molecule has 2 aromatic rings. The first kappa shape index (κ1) is 15.1. The number of hydrogen-bond donors (Lipinski definition) is 1. The fourth-order valence-electron chi connectivity index (χ4n) is 2.37. The lowest BCUT2D eigenvalue weighted by Crippen LogP contribution is -2.25. The van der Waals surface area contributed by atoms with Gasteiger partial charge < -0.3 is 5.32 Å². The van der Waals surface area contributed by atoms with Crippen LogP contribution in [0.3, 0.4) is 0 Å². The molecule has 0 amide bonds. The predicted molar refractivity (Wildman–Crippen MR) is 81.9 cm³/mol. The van der Waals surface area contributed by atoms with Gasteiger partial charge in [-0.05, 0) is 37.0 Å². The molecule has 0 aliphatic carbocycles. The lowest BCUT2D eigenvalue weighted by Gasteiger charge is -2.18. The molecular formula is C14H23N5S. The lowest BCUT2D eigenvalue weighted by molar-refractivity contribution is 0.521. The Morgan fingerprint density at radius 1 is 1.30 bits per heavy atom. The zero-order chi connectivity index (χ0) is 14.4. The van der Waals surface area contributed by atoms with Crippen molar-refractivity contribution in [3.8, 4) is 0 Å². The highest BCUT2D eigenvalue weighted by molar-refractivity contribution is 7.05. The largest absolute Gasteiger partial charge is 0.304 e. The van der Waals surface area contributed by atoms with Crippen LogP contribution in [-0.4, -0.2) is 25.9 Å². The molecule has 0 aliphatic rings. The molecule has 20 heavy (non-hydrogen) atoms. The summed E-state index contributed by atoms with van der Waals surface area (Å²) in [4.78, 5) is 1.23. The van der Waals surface area contributed by atoms with E-state index in [9.17, 15) is 0 Å². The van der Waals surface area contributed by atoms with Crippen molar-refractivity contribution >= 4 is 11.5 Å². The maximum absolute atomic E-state index is 4.44. The standard InChI is InChI=1S/C14H23N5S/c1-4-7-11-14(20-18-17-11)13(15-6-3)12-8-9-16-19(12)10-5-2/h8-9,13,15H,4-7,10H2,1-3H3. The van der Waals surface area contributed by atoms with Gasteiger partial charge >= 0.3 is 0 Å². The van der Waals surface area contributed by atoms with Gasteiger partial charge in [0.25, 0.3) is 0 Å². The normalized spacial score (nSPS) is 12.8. The molecule has 0 saturated heterocycles. The van der Waals surface area contributed by atoms with Gasteiger partial charge in [0.1, 0.15) is 0 Å². The van der Waals surface area contributed by atoms with Gasteiger partial charge in [0.15, 0.2) is 0 Å². The predicted octanol–water partition coefficient (Wildman–Crippen LogP) is 2.80. The van der Waals surface area contributed by atoms with Gasteiger partial charge in [-0.3, -0.25) is 4.68 Å². The second-order valence-electron chi connectivity index (χ2n) is 4.80. The second-order valence-corrected chi connectivity index (χ2v) is 5.59. The summed E-state index contributed by atoms with van der Waals surface area (Å²) in [6, 6.07) is 2.24. The first-order valence-corrected chi connectivity index (χ1v) is 8.15. The maximum Gasteiger partial charge on any atom is 0.0877 e. The summed E-state index contributed by atoms with van der Waals surface area (Å²) >= 11 is 1.50. The molecule has 0 bridgehead atoms. The molecule has 0 aromatic carbocycles. The Kier molecular flexibility index (Phi) is 5.67. The van der Waals surface area contributed by atoms with Crippen molar-refractivity contribution in [3.63, 3.8) is 0 Å². The Morgan fingerprint density at radius 3 is 2.85 bits per heavy atom. The van der Waals surface area contributed by atoms with E-state index in [0.717, 1.165) is 38.0 Å². The van der Waals surface area contributed by atoms with Crippen LogP contribution in [0.2, 0.25) is 0 Å². The highest BCUT2D eigenvalue weighted by Gasteiger charge is 2.23. The fraction of sp³-hybridized carbons (Fsp3) is 0.643. The van der Waals surface area contributed by atoms with Gasteiger partial charge in [0.05, 0.1) is 22.3 Å². The topological polar surface area (TPSA) is 55.6 Å². The van der Waals surface area contributed by atoms with E-state index in [1.54, 1.807) is 0 Å². The maximum atomic E-state index is 4.44. The molecule has 110 valence electrons. The highest BCUT2D eigenvalue weighted by atomic mass is 32.1. The lowest BCUT2D eigenvalue weighted by atomic mass is 10.1. The summed E-state index contributed by atoms with van der Waals surface area (Å²) in [5.41, 5.74) is 2.32. The number of hydrogen-bond acceptors (Lipinski definition) is 5. The summed E-state index contributed by atoms with van der Waals surface area (Å²) in [5.74, 6) is 0. The molecule has 2 rings (SSSR count). The molecule has 5 nitrogen and oxygen atoms in total. The highest BCUT2D eigenvalue weighted by Crippen LogP contribution is 2.27. The van der Waals surface area contributed by atoms with E-state index in [4.69, 9.17) is 0 Å². The first-order chi connectivity index (χ1) is 9.81. The average molecular weight is 293 g/mol. The molecule has 6 heteroatoms. The Labute approximate surface area is 124 Å². The van der Waals surface area contributed by atoms with Crippen LogP contribution in [0.1, 0.15) is 55.9 Å². The van der Waals surface area contributed by atoms with Crippen molar-refractivity contribution in [2.24, 2.45) is 0 Å². The van der Waals surface area contributed by atoms with Crippen LogP contribution in [-0.2, 0) is 13.0 Å². The summed E-state index contributed by atoms with van der Waals surface area (Å²) in [6.45, 7) is 8.32. The quantitative estimate of drug-likeness (QED) is 0.813. The molecule has 1 atom stereocenters. The van der Waals surface area contributed by atoms with Gasteiger partial charge in [0, 0.05) is 12.7 Å². The molecule has 2 heterocycles. The number of aryl methyl sites for hydroxylation is 2. The van der Waals surface area contributed by atoms with Crippen molar-refractivity contribution in [2.45, 2.75) is 52.6 Å². The Bertz CT molecular complexity index is 475. The molecule has 0 radical (unpaired) electrons. The summed E-state index contributed by atoms with van der Waals surface area (Å²) in [7, 11) is 0. The van der Waals surface area contributed by atoms with Crippen LogP contribution in [0.5, 0.6) is 0 Å².